The van der Waals surface area contributed by atoms with Crippen LogP contribution in [0.15, 0.2) is 48.5 Å². The summed E-state index contributed by atoms with van der Waals surface area (Å²) in [6, 6.07) is 14.9. The Balaban J connectivity index is 2.28. The lowest BCUT2D eigenvalue weighted by molar-refractivity contribution is -0.121. The summed E-state index contributed by atoms with van der Waals surface area (Å²) in [7, 11) is 0. The standard InChI is InChI=1S/C17H16ClNO2/c1-12(21)17(19-11-20)10-13-5-4-6-14(9-13)15-7-2-3-8-16(15)18/h2-9,11,17H,10H2,1H3,(H,19,20)/t17-/m0/s1. The summed E-state index contributed by atoms with van der Waals surface area (Å²) in [5.74, 6) is -0.0646. The molecule has 2 aromatic rings. The maximum absolute atomic E-state index is 11.5. The number of halogens is 1. The number of benzene rings is 2. The molecule has 0 aromatic heterocycles. The van der Waals surface area contributed by atoms with Crippen molar-refractivity contribution in [2.75, 3.05) is 0 Å². The molecule has 2 rings (SSSR count). The van der Waals surface area contributed by atoms with E-state index in [4.69, 9.17) is 11.6 Å². The van der Waals surface area contributed by atoms with Gasteiger partial charge in [0.2, 0.25) is 6.41 Å². The zero-order chi connectivity index (χ0) is 15.2. The number of Topliss-reactive ketones (excluding diaryl/α,β-unsaturated/α-hetero) is 1. The number of nitrogens with one attached hydrogen (secondary N) is 1. The van der Waals surface area contributed by atoms with Gasteiger partial charge in [0.05, 0.1) is 6.04 Å². The third-order valence-electron chi connectivity index (χ3n) is 3.31. The van der Waals surface area contributed by atoms with Crippen LogP contribution in [-0.2, 0) is 16.0 Å². The topological polar surface area (TPSA) is 46.2 Å². The summed E-state index contributed by atoms with van der Waals surface area (Å²) in [4.78, 5) is 22.1. The molecule has 1 N–H and O–H groups in total. The van der Waals surface area contributed by atoms with E-state index in [-0.39, 0.29) is 5.78 Å². The van der Waals surface area contributed by atoms with E-state index in [1.165, 1.54) is 6.92 Å². The van der Waals surface area contributed by atoms with E-state index in [1.807, 2.05) is 48.5 Å². The Labute approximate surface area is 128 Å². The minimum Gasteiger partial charge on any atom is -0.349 e. The zero-order valence-corrected chi connectivity index (χ0v) is 12.4. The lowest BCUT2D eigenvalue weighted by Crippen LogP contribution is -2.36. The van der Waals surface area contributed by atoms with Crippen LogP contribution in [0.25, 0.3) is 11.1 Å². The van der Waals surface area contributed by atoms with E-state index in [0.717, 1.165) is 16.7 Å². The quantitative estimate of drug-likeness (QED) is 0.833. The molecule has 0 saturated heterocycles. The molecule has 0 aliphatic heterocycles. The van der Waals surface area contributed by atoms with Crippen LogP contribution in [0.5, 0.6) is 0 Å². The predicted molar refractivity (Wildman–Crippen MR) is 84.3 cm³/mol. The Hall–Kier alpha value is -2.13. The third-order valence-corrected chi connectivity index (χ3v) is 3.64. The van der Waals surface area contributed by atoms with Crippen LogP contribution in [0, 0.1) is 0 Å². The highest BCUT2D eigenvalue weighted by Gasteiger charge is 2.14. The van der Waals surface area contributed by atoms with Crippen molar-refractivity contribution < 1.29 is 9.59 Å². The summed E-state index contributed by atoms with van der Waals surface area (Å²) in [5, 5.41) is 3.23. The molecular weight excluding hydrogens is 286 g/mol. The van der Waals surface area contributed by atoms with Gasteiger partial charge in [0, 0.05) is 10.6 Å². The minimum atomic E-state index is -0.496. The predicted octanol–water partition coefficient (Wildman–Crippen LogP) is 3.25. The van der Waals surface area contributed by atoms with Gasteiger partial charge in [-0.1, -0.05) is 54.1 Å². The zero-order valence-electron chi connectivity index (χ0n) is 11.7. The molecule has 1 atom stereocenters. The number of rotatable bonds is 6. The van der Waals surface area contributed by atoms with E-state index in [0.29, 0.717) is 17.9 Å². The SMILES string of the molecule is CC(=O)[C@H](Cc1cccc(-c2ccccc2Cl)c1)NC=O. The van der Waals surface area contributed by atoms with Crippen LogP contribution in [0.4, 0.5) is 0 Å². The second-order valence-electron chi connectivity index (χ2n) is 4.83. The lowest BCUT2D eigenvalue weighted by atomic mass is 9.98. The number of amides is 1. The van der Waals surface area contributed by atoms with Gasteiger partial charge < -0.3 is 5.32 Å². The fourth-order valence-electron chi connectivity index (χ4n) is 2.20. The molecule has 0 aliphatic carbocycles. The molecule has 0 heterocycles. The first-order valence-electron chi connectivity index (χ1n) is 6.66. The van der Waals surface area contributed by atoms with Gasteiger partial charge in [-0.05, 0) is 30.5 Å². The van der Waals surface area contributed by atoms with Gasteiger partial charge in [-0.3, -0.25) is 9.59 Å². The number of hydrogen-bond donors (Lipinski definition) is 1. The molecule has 108 valence electrons. The molecule has 0 bridgehead atoms. The average molecular weight is 302 g/mol. The Morgan fingerprint density at radius 2 is 2.00 bits per heavy atom. The fraction of sp³-hybridized carbons (Fsp3) is 0.176. The Kier molecular flexibility index (Phi) is 5.12. The highest BCUT2D eigenvalue weighted by atomic mass is 35.5. The Bertz CT molecular complexity index is 655. The Morgan fingerprint density at radius 1 is 1.24 bits per heavy atom. The van der Waals surface area contributed by atoms with Crippen LogP contribution in [0.3, 0.4) is 0 Å². The van der Waals surface area contributed by atoms with E-state index in [2.05, 4.69) is 5.32 Å². The number of hydrogen-bond acceptors (Lipinski definition) is 2. The van der Waals surface area contributed by atoms with Crippen molar-refractivity contribution in [3.8, 4) is 11.1 Å². The van der Waals surface area contributed by atoms with Gasteiger partial charge in [-0.2, -0.15) is 0 Å². The molecule has 0 unspecified atom stereocenters. The molecule has 3 nitrogen and oxygen atoms in total. The van der Waals surface area contributed by atoms with Crippen LogP contribution in [0.2, 0.25) is 5.02 Å². The number of carbonyl (C=O) groups is 2. The molecular formula is C17H16ClNO2. The van der Waals surface area contributed by atoms with Gasteiger partial charge in [0.25, 0.3) is 0 Å². The molecule has 4 heteroatoms. The third kappa shape index (κ3) is 3.92. The fourth-order valence-corrected chi connectivity index (χ4v) is 2.44. The molecule has 0 aliphatic rings. The first-order chi connectivity index (χ1) is 10.1. The highest BCUT2D eigenvalue weighted by molar-refractivity contribution is 6.33. The van der Waals surface area contributed by atoms with Crippen LogP contribution in [-0.4, -0.2) is 18.2 Å². The van der Waals surface area contributed by atoms with Crippen molar-refractivity contribution in [3.05, 3.63) is 59.1 Å². The molecule has 0 spiro atoms. The summed E-state index contributed by atoms with van der Waals surface area (Å²) < 4.78 is 0. The second-order valence-corrected chi connectivity index (χ2v) is 5.24. The van der Waals surface area contributed by atoms with Crippen molar-refractivity contribution in [1.29, 1.82) is 0 Å². The first kappa shape index (κ1) is 15.3. The number of carbonyl (C=O) groups excluding carboxylic acids is 2. The van der Waals surface area contributed by atoms with Crippen molar-refractivity contribution in [2.24, 2.45) is 0 Å². The van der Waals surface area contributed by atoms with E-state index in [9.17, 15) is 9.59 Å². The normalized spacial score (nSPS) is 11.7. The van der Waals surface area contributed by atoms with Crippen molar-refractivity contribution in [1.82, 2.24) is 5.32 Å². The molecule has 21 heavy (non-hydrogen) atoms. The first-order valence-corrected chi connectivity index (χ1v) is 7.03. The lowest BCUT2D eigenvalue weighted by Gasteiger charge is -2.13. The smallest absolute Gasteiger partial charge is 0.207 e. The molecule has 0 radical (unpaired) electrons. The van der Waals surface area contributed by atoms with Gasteiger partial charge in [-0.15, -0.1) is 0 Å². The molecule has 0 fully saturated rings. The monoisotopic (exact) mass is 301 g/mol. The van der Waals surface area contributed by atoms with Crippen molar-refractivity contribution in [3.63, 3.8) is 0 Å². The maximum Gasteiger partial charge on any atom is 0.207 e. The van der Waals surface area contributed by atoms with Gasteiger partial charge in [0.15, 0.2) is 5.78 Å². The van der Waals surface area contributed by atoms with E-state index < -0.39 is 6.04 Å². The largest absolute Gasteiger partial charge is 0.349 e. The molecule has 2 aromatic carbocycles. The number of ketones is 1. The van der Waals surface area contributed by atoms with Crippen molar-refractivity contribution in [2.45, 2.75) is 19.4 Å². The maximum atomic E-state index is 11.5. The summed E-state index contributed by atoms with van der Waals surface area (Å²) >= 11 is 6.20. The second kappa shape index (κ2) is 7.04. The molecule has 0 saturated carbocycles. The summed E-state index contributed by atoms with van der Waals surface area (Å²) in [6.07, 6.45) is 1.02. The van der Waals surface area contributed by atoms with Crippen molar-refractivity contribution >= 4 is 23.8 Å². The summed E-state index contributed by atoms with van der Waals surface area (Å²) in [5.41, 5.74) is 2.91. The van der Waals surface area contributed by atoms with E-state index in [1.54, 1.807) is 0 Å². The summed E-state index contributed by atoms with van der Waals surface area (Å²) in [6.45, 7) is 1.47. The van der Waals surface area contributed by atoms with Gasteiger partial charge in [0.1, 0.15) is 0 Å². The van der Waals surface area contributed by atoms with Gasteiger partial charge in [-0.25, -0.2) is 0 Å². The van der Waals surface area contributed by atoms with Crippen LogP contribution < -0.4 is 5.32 Å². The van der Waals surface area contributed by atoms with Gasteiger partial charge >= 0.3 is 0 Å². The minimum absolute atomic E-state index is 0.0646. The Morgan fingerprint density at radius 3 is 2.67 bits per heavy atom. The van der Waals surface area contributed by atoms with E-state index >= 15 is 0 Å². The van der Waals surface area contributed by atoms with Crippen LogP contribution >= 0.6 is 11.6 Å². The molecule has 1 amide bonds. The average Bonchev–Trinajstić information content (AvgIpc) is 2.47. The van der Waals surface area contributed by atoms with Crippen LogP contribution in [0.1, 0.15) is 12.5 Å². The highest BCUT2D eigenvalue weighted by Crippen LogP contribution is 2.28.